The van der Waals surface area contributed by atoms with E-state index >= 15 is 0 Å². The summed E-state index contributed by atoms with van der Waals surface area (Å²) < 4.78 is 1.98. The van der Waals surface area contributed by atoms with E-state index in [9.17, 15) is 4.79 Å². The molecular formula is C12H13N4O. The van der Waals surface area contributed by atoms with Crippen LogP contribution in [0.15, 0.2) is 18.2 Å². The molecule has 0 saturated carbocycles. The number of nitrogens with zero attached hydrogens (tertiary/aromatic N) is 3. The summed E-state index contributed by atoms with van der Waals surface area (Å²) in [6.07, 6.45) is 4.01. The lowest BCUT2D eigenvalue weighted by Gasteiger charge is -2.22. The lowest BCUT2D eigenvalue weighted by molar-refractivity contribution is 0.345. The van der Waals surface area contributed by atoms with Gasteiger partial charge in [0.05, 0.1) is 11.6 Å². The topological polar surface area (TPSA) is 59.8 Å². The number of hydrogen-bond acceptors (Lipinski definition) is 4. The largest absolute Gasteiger partial charge is 0.317 e. The molecule has 0 spiro atoms. The van der Waals surface area contributed by atoms with Gasteiger partial charge < -0.3 is 5.32 Å². The van der Waals surface area contributed by atoms with Crippen LogP contribution in [0, 0.1) is 0 Å². The zero-order chi connectivity index (χ0) is 11.7. The van der Waals surface area contributed by atoms with E-state index in [0.717, 1.165) is 37.0 Å². The highest BCUT2D eigenvalue weighted by Crippen LogP contribution is 2.22. The first-order chi connectivity index (χ1) is 8.38. The average molecular weight is 229 g/mol. The average Bonchev–Trinajstić information content (AvgIpc) is 2.82. The molecule has 17 heavy (non-hydrogen) atoms. The van der Waals surface area contributed by atoms with Crippen LogP contribution in [0.2, 0.25) is 0 Å². The molecule has 1 aromatic heterocycles. The Bertz CT molecular complexity index is 542. The van der Waals surface area contributed by atoms with Crippen LogP contribution in [0.1, 0.15) is 24.4 Å². The van der Waals surface area contributed by atoms with Crippen LogP contribution < -0.4 is 5.32 Å². The minimum atomic E-state index is 0.410. The van der Waals surface area contributed by atoms with E-state index in [1.165, 1.54) is 0 Å². The monoisotopic (exact) mass is 229 g/mol. The molecule has 87 valence electrons. The van der Waals surface area contributed by atoms with Gasteiger partial charge in [0.2, 0.25) is 6.29 Å². The van der Waals surface area contributed by atoms with Crippen LogP contribution in [-0.4, -0.2) is 34.4 Å². The number of aromatic nitrogens is 3. The summed E-state index contributed by atoms with van der Waals surface area (Å²) in [5.74, 6) is 0. The molecule has 3 rings (SSSR count). The molecule has 1 N–H and O–H groups in total. The number of fused-ring (bicyclic) bond motifs is 1. The Balaban J connectivity index is 2.02. The van der Waals surface area contributed by atoms with Crippen molar-refractivity contribution in [3.63, 3.8) is 0 Å². The standard InChI is InChI=1S/C12H13N4O/c17-8-9-1-2-12-11(7-9)14-15-16(12)10-3-5-13-6-4-10/h1-2,7,10,13H,3-6H2. The lowest BCUT2D eigenvalue weighted by Crippen LogP contribution is -2.29. The normalized spacial score (nSPS) is 17.4. The maximum absolute atomic E-state index is 10.6. The van der Waals surface area contributed by atoms with E-state index in [0.29, 0.717) is 11.6 Å². The smallest absolute Gasteiger partial charge is 0.233 e. The SMILES string of the molecule is O=[C]c1ccc2c(c1)nnn2C1CCNCC1. The van der Waals surface area contributed by atoms with Crippen LogP contribution in [0.25, 0.3) is 11.0 Å². The van der Waals surface area contributed by atoms with Gasteiger partial charge in [-0.15, -0.1) is 5.10 Å². The van der Waals surface area contributed by atoms with E-state index in [1.807, 2.05) is 17.0 Å². The molecule has 1 aliphatic rings. The first kappa shape index (κ1) is 10.4. The van der Waals surface area contributed by atoms with Gasteiger partial charge in [-0.1, -0.05) is 5.21 Å². The van der Waals surface area contributed by atoms with Crippen molar-refractivity contribution in [3.8, 4) is 0 Å². The van der Waals surface area contributed by atoms with Crippen LogP contribution >= 0.6 is 0 Å². The van der Waals surface area contributed by atoms with E-state index in [-0.39, 0.29) is 0 Å². The number of piperidine rings is 1. The second-order valence-corrected chi connectivity index (χ2v) is 4.32. The Labute approximate surface area is 98.8 Å². The summed E-state index contributed by atoms with van der Waals surface area (Å²) in [7, 11) is 0. The third-order valence-electron chi connectivity index (χ3n) is 3.24. The maximum Gasteiger partial charge on any atom is 0.233 e. The van der Waals surface area contributed by atoms with E-state index < -0.39 is 0 Å². The fourth-order valence-corrected chi connectivity index (χ4v) is 2.33. The molecule has 1 radical (unpaired) electrons. The molecule has 0 atom stereocenters. The van der Waals surface area contributed by atoms with E-state index in [1.54, 1.807) is 12.1 Å². The molecule has 1 saturated heterocycles. The quantitative estimate of drug-likeness (QED) is 0.828. The van der Waals surface area contributed by atoms with Gasteiger partial charge in [-0.05, 0) is 44.1 Å². The second-order valence-electron chi connectivity index (χ2n) is 4.32. The van der Waals surface area contributed by atoms with Gasteiger partial charge in [-0.3, -0.25) is 4.79 Å². The van der Waals surface area contributed by atoms with Crippen LogP contribution in [0.4, 0.5) is 0 Å². The molecule has 1 aromatic carbocycles. The Morgan fingerprint density at radius 3 is 2.94 bits per heavy atom. The highest BCUT2D eigenvalue weighted by molar-refractivity contribution is 5.84. The summed E-state index contributed by atoms with van der Waals surface area (Å²) >= 11 is 0. The van der Waals surface area contributed by atoms with Crippen LogP contribution in [0.3, 0.4) is 0 Å². The van der Waals surface area contributed by atoms with Crippen LogP contribution in [0.5, 0.6) is 0 Å². The molecular weight excluding hydrogens is 216 g/mol. The molecule has 0 bridgehead atoms. The third-order valence-corrected chi connectivity index (χ3v) is 3.24. The zero-order valence-corrected chi connectivity index (χ0v) is 9.39. The van der Waals surface area contributed by atoms with Gasteiger partial charge in [-0.2, -0.15) is 0 Å². The molecule has 5 nitrogen and oxygen atoms in total. The van der Waals surface area contributed by atoms with E-state index in [2.05, 4.69) is 15.6 Å². The summed E-state index contributed by atoms with van der Waals surface area (Å²) in [6, 6.07) is 5.80. The Morgan fingerprint density at radius 1 is 1.35 bits per heavy atom. The summed E-state index contributed by atoms with van der Waals surface area (Å²) in [6.45, 7) is 2.04. The van der Waals surface area contributed by atoms with Gasteiger partial charge in [0.15, 0.2) is 0 Å². The van der Waals surface area contributed by atoms with Crippen LogP contribution in [-0.2, 0) is 4.79 Å². The minimum absolute atomic E-state index is 0.410. The third kappa shape index (κ3) is 1.82. The first-order valence-electron chi connectivity index (χ1n) is 5.82. The highest BCUT2D eigenvalue weighted by Gasteiger charge is 2.18. The fourth-order valence-electron chi connectivity index (χ4n) is 2.33. The number of carbonyl (C=O) groups excluding carboxylic acids is 1. The van der Waals surface area contributed by atoms with Crippen molar-refractivity contribution in [2.45, 2.75) is 18.9 Å². The molecule has 0 amide bonds. The van der Waals surface area contributed by atoms with Gasteiger partial charge >= 0.3 is 0 Å². The van der Waals surface area contributed by atoms with Gasteiger partial charge in [-0.25, -0.2) is 4.68 Å². The van der Waals surface area contributed by atoms with Gasteiger partial charge in [0, 0.05) is 5.56 Å². The molecule has 0 unspecified atom stereocenters. The molecule has 2 aromatic rings. The Kier molecular flexibility index (Phi) is 2.60. The number of benzene rings is 1. The molecule has 2 heterocycles. The zero-order valence-electron chi connectivity index (χ0n) is 9.39. The fraction of sp³-hybridized carbons (Fsp3) is 0.417. The molecule has 1 fully saturated rings. The number of rotatable bonds is 2. The first-order valence-corrected chi connectivity index (χ1v) is 5.82. The summed E-state index contributed by atoms with van der Waals surface area (Å²) in [5, 5.41) is 11.6. The van der Waals surface area contributed by atoms with Crippen molar-refractivity contribution in [2.75, 3.05) is 13.1 Å². The van der Waals surface area contributed by atoms with Crippen molar-refractivity contribution < 1.29 is 4.79 Å². The molecule has 5 heteroatoms. The predicted octanol–water partition coefficient (Wildman–Crippen LogP) is 0.814. The van der Waals surface area contributed by atoms with Gasteiger partial charge in [0.25, 0.3) is 0 Å². The number of nitrogens with one attached hydrogen (secondary N) is 1. The van der Waals surface area contributed by atoms with E-state index in [4.69, 9.17) is 0 Å². The number of hydrogen-bond donors (Lipinski definition) is 1. The van der Waals surface area contributed by atoms with Crippen molar-refractivity contribution in [3.05, 3.63) is 23.8 Å². The Morgan fingerprint density at radius 2 is 2.18 bits per heavy atom. The van der Waals surface area contributed by atoms with Crippen molar-refractivity contribution >= 4 is 17.3 Å². The highest BCUT2D eigenvalue weighted by atomic mass is 16.1. The summed E-state index contributed by atoms with van der Waals surface area (Å²) in [5.41, 5.74) is 2.29. The summed E-state index contributed by atoms with van der Waals surface area (Å²) in [4.78, 5) is 10.6. The van der Waals surface area contributed by atoms with Crippen molar-refractivity contribution in [1.29, 1.82) is 0 Å². The minimum Gasteiger partial charge on any atom is -0.317 e. The lowest BCUT2D eigenvalue weighted by atomic mass is 10.1. The molecule has 1 aliphatic heterocycles. The Hall–Kier alpha value is -1.75. The predicted molar refractivity (Wildman–Crippen MR) is 63.5 cm³/mol. The van der Waals surface area contributed by atoms with Crippen molar-refractivity contribution in [2.24, 2.45) is 0 Å². The second kappa shape index (κ2) is 4.25. The maximum atomic E-state index is 10.6. The van der Waals surface area contributed by atoms with Gasteiger partial charge in [0.1, 0.15) is 5.52 Å². The molecule has 0 aliphatic carbocycles. The van der Waals surface area contributed by atoms with Crippen molar-refractivity contribution in [1.82, 2.24) is 20.3 Å².